The van der Waals surface area contributed by atoms with Crippen LogP contribution in [0.5, 0.6) is 0 Å². The van der Waals surface area contributed by atoms with Crippen molar-refractivity contribution in [3.05, 3.63) is 89.5 Å². The van der Waals surface area contributed by atoms with Gasteiger partial charge in [-0.25, -0.2) is 9.97 Å². The normalized spacial score (nSPS) is 13.6. The first-order valence-corrected chi connectivity index (χ1v) is 9.48. The van der Waals surface area contributed by atoms with E-state index in [1.54, 1.807) is 6.33 Å². The first-order valence-electron chi connectivity index (χ1n) is 9.48. The lowest BCUT2D eigenvalue weighted by molar-refractivity contribution is 0.273. The van der Waals surface area contributed by atoms with E-state index < -0.39 is 0 Å². The standard InChI is InChI=1S/C23H21N5/c1-16-6-2-3-8-18(16)12-28-13-20-22(14-28)25-15-26-23(20)27-19-10-17-7-4-5-9-21(17)24-11-19/h2-11,15H,12-14H2,1H3,(H,25,26,27). The first-order chi connectivity index (χ1) is 13.8. The van der Waals surface area contributed by atoms with E-state index in [9.17, 15) is 0 Å². The molecule has 1 aliphatic heterocycles. The van der Waals surface area contributed by atoms with Gasteiger partial charge in [-0.1, -0.05) is 42.5 Å². The zero-order chi connectivity index (χ0) is 18.9. The number of para-hydroxylation sites is 1. The largest absolute Gasteiger partial charge is 0.339 e. The van der Waals surface area contributed by atoms with Crippen molar-refractivity contribution in [1.29, 1.82) is 0 Å². The molecule has 0 fully saturated rings. The lowest BCUT2D eigenvalue weighted by Gasteiger charge is -2.16. The third-order valence-electron chi connectivity index (χ3n) is 5.30. The molecule has 0 spiro atoms. The highest BCUT2D eigenvalue weighted by Gasteiger charge is 2.24. The SMILES string of the molecule is Cc1ccccc1CN1Cc2ncnc(Nc3cnc4ccccc4c3)c2C1. The van der Waals surface area contributed by atoms with Crippen molar-refractivity contribution < 1.29 is 0 Å². The molecule has 2 aromatic carbocycles. The molecule has 0 amide bonds. The minimum Gasteiger partial charge on any atom is -0.339 e. The number of aromatic nitrogens is 3. The van der Waals surface area contributed by atoms with Crippen LogP contribution in [0.15, 0.2) is 67.1 Å². The minimum atomic E-state index is 0.841. The third kappa shape index (κ3) is 3.21. The predicted molar refractivity (Wildman–Crippen MR) is 111 cm³/mol. The number of anilines is 2. The molecule has 1 aliphatic rings. The summed E-state index contributed by atoms with van der Waals surface area (Å²) < 4.78 is 0. The lowest BCUT2D eigenvalue weighted by atomic mass is 10.1. The molecule has 28 heavy (non-hydrogen) atoms. The number of benzene rings is 2. The number of nitrogens with one attached hydrogen (secondary N) is 1. The van der Waals surface area contributed by atoms with E-state index >= 15 is 0 Å². The zero-order valence-electron chi connectivity index (χ0n) is 15.8. The lowest BCUT2D eigenvalue weighted by Crippen LogP contribution is -2.16. The van der Waals surface area contributed by atoms with Crippen LogP contribution in [0.25, 0.3) is 10.9 Å². The van der Waals surface area contributed by atoms with Crippen molar-refractivity contribution in [3.63, 3.8) is 0 Å². The van der Waals surface area contributed by atoms with Gasteiger partial charge in [0.05, 0.1) is 23.1 Å². The summed E-state index contributed by atoms with van der Waals surface area (Å²) in [5.41, 5.74) is 6.88. The van der Waals surface area contributed by atoms with Gasteiger partial charge in [0.2, 0.25) is 0 Å². The highest BCUT2D eigenvalue weighted by atomic mass is 15.2. The second-order valence-corrected chi connectivity index (χ2v) is 7.26. The maximum atomic E-state index is 4.54. The van der Waals surface area contributed by atoms with E-state index in [1.165, 1.54) is 16.7 Å². The van der Waals surface area contributed by atoms with Gasteiger partial charge in [-0.15, -0.1) is 0 Å². The van der Waals surface area contributed by atoms with Crippen LogP contribution >= 0.6 is 0 Å². The van der Waals surface area contributed by atoms with Crippen LogP contribution in [-0.2, 0) is 19.6 Å². The third-order valence-corrected chi connectivity index (χ3v) is 5.30. The smallest absolute Gasteiger partial charge is 0.138 e. The molecule has 5 rings (SSSR count). The molecule has 5 nitrogen and oxygen atoms in total. The van der Waals surface area contributed by atoms with Gasteiger partial charge in [-0.05, 0) is 30.2 Å². The van der Waals surface area contributed by atoms with Crippen molar-refractivity contribution in [1.82, 2.24) is 19.9 Å². The summed E-state index contributed by atoms with van der Waals surface area (Å²) in [5.74, 6) is 0.870. The van der Waals surface area contributed by atoms with Crippen molar-refractivity contribution in [2.45, 2.75) is 26.6 Å². The van der Waals surface area contributed by atoms with E-state index in [1.807, 2.05) is 24.4 Å². The summed E-state index contributed by atoms with van der Waals surface area (Å²) in [6.07, 6.45) is 3.50. The fraction of sp³-hybridized carbons (Fsp3) is 0.174. The molecule has 4 aromatic rings. The molecule has 138 valence electrons. The van der Waals surface area contributed by atoms with E-state index in [0.29, 0.717) is 0 Å². The number of aryl methyl sites for hydroxylation is 1. The van der Waals surface area contributed by atoms with Gasteiger partial charge >= 0.3 is 0 Å². The molecular formula is C23H21N5. The highest BCUT2D eigenvalue weighted by Crippen LogP contribution is 2.30. The van der Waals surface area contributed by atoms with Crippen LogP contribution in [0.1, 0.15) is 22.4 Å². The monoisotopic (exact) mass is 367 g/mol. The predicted octanol–water partition coefficient (Wildman–Crippen LogP) is 4.59. The van der Waals surface area contributed by atoms with Crippen LogP contribution in [-0.4, -0.2) is 19.9 Å². The molecule has 0 bridgehead atoms. The van der Waals surface area contributed by atoms with Gasteiger partial charge in [0.25, 0.3) is 0 Å². The Balaban J connectivity index is 1.39. The Labute approximate surface area is 164 Å². The second-order valence-electron chi connectivity index (χ2n) is 7.26. The molecule has 0 unspecified atom stereocenters. The molecule has 1 N–H and O–H groups in total. The van der Waals surface area contributed by atoms with Crippen LogP contribution in [0.4, 0.5) is 11.5 Å². The number of pyridine rings is 1. The quantitative estimate of drug-likeness (QED) is 0.572. The topological polar surface area (TPSA) is 53.9 Å². The zero-order valence-corrected chi connectivity index (χ0v) is 15.8. The van der Waals surface area contributed by atoms with E-state index in [0.717, 1.165) is 47.7 Å². The van der Waals surface area contributed by atoms with Crippen LogP contribution in [0.3, 0.4) is 0 Å². The van der Waals surface area contributed by atoms with Crippen LogP contribution in [0, 0.1) is 6.92 Å². The van der Waals surface area contributed by atoms with Gasteiger partial charge < -0.3 is 5.32 Å². The summed E-state index contributed by atoms with van der Waals surface area (Å²) in [5, 5.41) is 4.56. The number of hydrogen-bond acceptors (Lipinski definition) is 5. The van der Waals surface area contributed by atoms with Gasteiger partial charge in [0.1, 0.15) is 12.1 Å². The Morgan fingerprint density at radius 2 is 1.82 bits per heavy atom. The molecule has 0 saturated heterocycles. The molecule has 0 aliphatic carbocycles. The van der Waals surface area contributed by atoms with Crippen LogP contribution < -0.4 is 5.32 Å². The van der Waals surface area contributed by atoms with Crippen molar-refractivity contribution in [2.24, 2.45) is 0 Å². The van der Waals surface area contributed by atoms with Crippen molar-refractivity contribution in [2.75, 3.05) is 5.32 Å². The van der Waals surface area contributed by atoms with Crippen LogP contribution in [0.2, 0.25) is 0 Å². The van der Waals surface area contributed by atoms with Crippen molar-refractivity contribution >= 4 is 22.4 Å². The molecule has 2 aromatic heterocycles. The van der Waals surface area contributed by atoms with E-state index in [2.05, 4.69) is 68.5 Å². The average molecular weight is 367 g/mol. The molecule has 0 radical (unpaired) electrons. The Bertz CT molecular complexity index is 1150. The molecule has 3 heterocycles. The summed E-state index contributed by atoms with van der Waals surface area (Å²) in [7, 11) is 0. The Kier molecular flexibility index (Phi) is 4.22. The van der Waals surface area contributed by atoms with Gasteiger partial charge in [-0.3, -0.25) is 9.88 Å². The molecule has 5 heteroatoms. The fourth-order valence-corrected chi connectivity index (χ4v) is 3.77. The maximum absolute atomic E-state index is 4.54. The molecule has 0 atom stereocenters. The highest BCUT2D eigenvalue weighted by molar-refractivity contribution is 5.82. The molecule has 0 saturated carbocycles. The molecular weight excluding hydrogens is 346 g/mol. The summed E-state index contributed by atoms with van der Waals surface area (Å²) in [6.45, 7) is 4.77. The van der Waals surface area contributed by atoms with E-state index in [4.69, 9.17) is 0 Å². The maximum Gasteiger partial charge on any atom is 0.138 e. The Hall–Kier alpha value is -3.31. The van der Waals surface area contributed by atoms with Gasteiger partial charge in [-0.2, -0.15) is 0 Å². The Morgan fingerprint density at radius 3 is 2.75 bits per heavy atom. The van der Waals surface area contributed by atoms with E-state index in [-0.39, 0.29) is 0 Å². The van der Waals surface area contributed by atoms with Gasteiger partial charge in [0, 0.05) is 30.6 Å². The fourth-order valence-electron chi connectivity index (χ4n) is 3.77. The van der Waals surface area contributed by atoms with Crippen molar-refractivity contribution in [3.8, 4) is 0 Å². The summed E-state index contributed by atoms with van der Waals surface area (Å²) in [4.78, 5) is 16.0. The average Bonchev–Trinajstić information content (AvgIpc) is 3.13. The number of hydrogen-bond donors (Lipinski definition) is 1. The second kappa shape index (κ2) is 7.02. The van der Waals surface area contributed by atoms with Gasteiger partial charge in [0.15, 0.2) is 0 Å². The minimum absolute atomic E-state index is 0.841. The Morgan fingerprint density at radius 1 is 0.964 bits per heavy atom. The number of fused-ring (bicyclic) bond motifs is 2. The number of rotatable bonds is 4. The summed E-state index contributed by atoms with van der Waals surface area (Å²) >= 11 is 0. The summed E-state index contributed by atoms with van der Waals surface area (Å²) in [6, 6.07) is 18.8. The first kappa shape index (κ1) is 16.8. The number of nitrogens with zero attached hydrogens (tertiary/aromatic N) is 4.